The van der Waals surface area contributed by atoms with E-state index in [1.807, 2.05) is 39.8 Å². The summed E-state index contributed by atoms with van der Waals surface area (Å²) in [6.07, 6.45) is 1.51. The summed E-state index contributed by atoms with van der Waals surface area (Å²) < 4.78 is 42.6. The molecule has 9 heteroatoms. The van der Waals surface area contributed by atoms with Crippen LogP contribution in [0, 0.1) is 25.5 Å². The second-order valence-corrected chi connectivity index (χ2v) is 10.8. The molecule has 0 saturated carbocycles. The van der Waals surface area contributed by atoms with Gasteiger partial charge >= 0.3 is 5.97 Å². The van der Waals surface area contributed by atoms with E-state index in [4.69, 9.17) is 14.5 Å². The average Bonchev–Trinajstić information content (AvgIpc) is 3.24. The van der Waals surface area contributed by atoms with Crippen molar-refractivity contribution in [1.29, 1.82) is 0 Å². The summed E-state index contributed by atoms with van der Waals surface area (Å²) in [5.74, 6) is -1.58. The van der Waals surface area contributed by atoms with Crippen LogP contribution in [0.1, 0.15) is 43.2 Å². The van der Waals surface area contributed by atoms with Gasteiger partial charge in [0.2, 0.25) is 0 Å². The zero-order chi connectivity index (χ0) is 28.1. The van der Waals surface area contributed by atoms with E-state index in [9.17, 15) is 18.7 Å². The van der Waals surface area contributed by atoms with Crippen LogP contribution in [-0.2, 0) is 17.8 Å². The van der Waals surface area contributed by atoms with Crippen molar-refractivity contribution < 1.29 is 28.2 Å². The maximum atomic E-state index is 14.5. The molecule has 5 rings (SSSR count). The molecule has 0 aliphatic carbocycles. The molecule has 0 spiro atoms. The van der Waals surface area contributed by atoms with Crippen molar-refractivity contribution in [3.8, 4) is 22.6 Å². The number of anilines is 1. The summed E-state index contributed by atoms with van der Waals surface area (Å²) in [5, 5.41) is 13.9. The van der Waals surface area contributed by atoms with Crippen molar-refractivity contribution in [2.24, 2.45) is 0 Å². The van der Waals surface area contributed by atoms with Gasteiger partial charge in [0, 0.05) is 46.6 Å². The minimum atomic E-state index is -0.989. The first-order chi connectivity index (χ1) is 18.4. The fourth-order valence-corrected chi connectivity index (χ4v) is 5.14. The number of fused-ring (bicyclic) bond motifs is 2. The van der Waals surface area contributed by atoms with Gasteiger partial charge in [-0.2, -0.15) is 0 Å². The van der Waals surface area contributed by atoms with Crippen LogP contribution in [0.3, 0.4) is 0 Å². The number of ether oxygens (including phenoxy) is 2. The predicted octanol–water partition coefficient (Wildman–Crippen LogP) is 6.26. The lowest BCUT2D eigenvalue weighted by Crippen LogP contribution is -2.25. The quantitative estimate of drug-likeness (QED) is 0.303. The van der Waals surface area contributed by atoms with Crippen LogP contribution >= 0.6 is 0 Å². The van der Waals surface area contributed by atoms with Gasteiger partial charge in [-0.1, -0.05) is 12.1 Å². The molecule has 0 radical (unpaired) electrons. The number of carbonyl (C=O) groups is 1. The highest BCUT2D eigenvalue weighted by Crippen LogP contribution is 2.48. The molecule has 0 saturated heterocycles. The van der Waals surface area contributed by atoms with E-state index in [0.717, 1.165) is 22.9 Å². The second kappa shape index (κ2) is 9.87. The highest BCUT2D eigenvalue weighted by atomic mass is 19.2. The number of rotatable bonds is 6. The molecule has 2 aromatic carbocycles. The largest absolute Gasteiger partial charge is 0.489 e. The minimum absolute atomic E-state index is 0.0567. The van der Waals surface area contributed by atoms with Gasteiger partial charge in [0.1, 0.15) is 29.4 Å². The van der Waals surface area contributed by atoms with Gasteiger partial charge in [0.05, 0.1) is 18.7 Å². The molecule has 7 nitrogen and oxygen atoms in total. The van der Waals surface area contributed by atoms with Gasteiger partial charge in [0.25, 0.3) is 0 Å². The van der Waals surface area contributed by atoms with Gasteiger partial charge in [0.15, 0.2) is 11.6 Å². The van der Waals surface area contributed by atoms with Crippen molar-refractivity contribution in [1.82, 2.24) is 9.55 Å². The molecule has 1 aliphatic rings. The van der Waals surface area contributed by atoms with E-state index < -0.39 is 23.2 Å². The van der Waals surface area contributed by atoms with Crippen molar-refractivity contribution in [3.63, 3.8) is 0 Å². The number of halogens is 2. The lowest BCUT2D eigenvalue weighted by atomic mass is 9.89. The first kappa shape index (κ1) is 26.5. The number of aryl methyl sites for hydroxylation is 1. The Morgan fingerprint density at radius 2 is 1.97 bits per heavy atom. The van der Waals surface area contributed by atoms with Gasteiger partial charge in [-0.25, -0.2) is 13.8 Å². The van der Waals surface area contributed by atoms with E-state index >= 15 is 0 Å². The molecule has 0 amide bonds. The molecule has 2 N–H and O–H groups in total. The summed E-state index contributed by atoms with van der Waals surface area (Å²) >= 11 is 0. The molecule has 0 bridgehead atoms. The lowest BCUT2D eigenvalue weighted by molar-refractivity contribution is -0.136. The van der Waals surface area contributed by atoms with Crippen molar-refractivity contribution in [3.05, 3.63) is 70.5 Å². The molecule has 1 aliphatic heterocycles. The maximum Gasteiger partial charge on any atom is 0.307 e. The smallest absolute Gasteiger partial charge is 0.307 e. The Morgan fingerprint density at radius 3 is 2.69 bits per heavy atom. The number of nitrogens with zero attached hydrogens (tertiary/aromatic N) is 2. The van der Waals surface area contributed by atoms with Crippen LogP contribution in [0.15, 0.2) is 36.5 Å². The van der Waals surface area contributed by atoms with E-state index in [1.54, 1.807) is 17.7 Å². The van der Waals surface area contributed by atoms with Crippen molar-refractivity contribution in [2.45, 2.75) is 53.2 Å². The number of pyridine rings is 1. The zero-order valence-corrected chi connectivity index (χ0v) is 22.6. The van der Waals surface area contributed by atoms with E-state index in [2.05, 4.69) is 5.32 Å². The topological polar surface area (TPSA) is 85.6 Å². The molecule has 204 valence electrons. The van der Waals surface area contributed by atoms with Gasteiger partial charge in [-0.3, -0.25) is 4.79 Å². The molecule has 0 atom stereocenters. The normalized spacial score (nSPS) is 13.1. The fraction of sp³-hybridized carbons (Fsp3) is 0.333. The number of hydrogen-bond acceptors (Lipinski definition) is 5. The monoisotopic (exact) mass is 535 g/mol. The third-order valence-electron chi connectivity index (χ3n) is 6.75. The summed E-state index contributed by atoms with van der Waals surface area (Å²) in [4.78, 5) is 16.8. The summed E-state index contributed by atoms with van der Waals surface area (Å²) in [6, 6.07) is 7.77. The summed E-state index contributed by atoms with van der Waals surface area (Å²) in [6.45, 7) is 10.8. The molecule has 0 fully saturated rings. The number of hydrogen-bond donors (Lipinski definition) is 2. The van der Waals surface area contributed by atoms with Crippen LogP contribution in [0.2, 0.25) is 0 Å². The lowest BCUT2D eigenvalue weighted by Gasteiger charge is -2.29. The molecule has 4 aromatic rings. The molecular formula is C30H31F2N3O4. The first-order valence-corrected chi connectivity index (χ1v) is 12.8. The molecular weight excluding hydrogens is 504 g/mol. The molecule has 3 heterocycles. The minimum Gasteiger partial charge on any atom is -0.489 e. The third kappa shape index (κ3) is 5.01. The van der Waals surface area contributed by atoms with Crippen LogP contribution in [0.4, 0.5) is 14.5 Å². The SMILES string of the molecule is Cc1nc2c(ccn2Cc2cccc(F)c2F)c(-c2c(OC(C)(C)C)cc3c(c2C)NCCO3)c1CC(=O)O. The van der Waals surface area contributed by atoms with Crippen molar-refractivity contribution >= 4 is 22.7 Å². The van der Waals surface area contributed by atoms with E-state index in [-0.39, 0.29) is 18.5 Å². The number of aromatic nitrogens is 2. The van der Waals surface area contributed by atoms with Gasteiger partial charge in [-0.05, 0) is 57.9 Å². The van der Waals surface area contributed by atoms with Crippen LogP contribution in [-0.4, -0.2) is 39.4 Å². The first-order valence-electron chi connectivity index (χ1n) is 12.8. The Hall–Kier alpha value is -4.14. The zero-order valence-electron chi connectivity index (χ0n) is 22.6. The van der Waals surface area contributed by atoms with E-state index in [0.29, 0.717) is 52.5 Å². The molecule has 2 aromatic heterocycles. The predicted molar refractivity (Wildman–Crippen MR) is 146 cm³/mol. The Balaban J connectivity index is 1.81. The highest BCUT2D eigenvalue weighted by molar-refractivity contribution is 6.01. The van der Waals surface area contributed by atoms with Crippen LogP contribution in [0.25, 0.3) is 22.2 Å². The Bertz CT molecular complexity index is 1600. The Labute approximate surface area is 225 Å². The Morgan fingerprint density at radius 1 is 1.21 bits per heavy atom. The summed E-state index contributed by atoms with van der Waals surface area (Å²) in [5.41, 5.74) is 4.36. The second-order valence-electron chi connectivity index (χ2n) is 10.8. The van der Waals surface area contributed by atoms with Gasteiger partial charge in [-0.15, -0.1) is 0 Å². The molecule has 39 heavy (non-hydrogen) atoms. The average molecular weight is 536 g/mol. The number of nitrogens with one attached hydrogen (secondary N) is 1. The fourth-order valence-electron chi connectivity index (χ4n) is 5.14. The van der Waals surface area contributed by atoms with Crippen LogP contribution < -0.4 is 14.8 Å². The number of aliphatic carboxylic acids is 1. The maximum absolute atomic E-state index is 14.5. The van der Waals surface area contributed by atoms with Crippen molar-refractivity contribution in [2.75, 3.05) is 18.5 Å². The molecule has 0 unspecified atom stereocenters. The Kier molecular flexibility index (Phi) is 6.70. The third-order valence-corrected chi connectivity index (χ3v) is 6.75. The number of carboxylic acid groups (broad SMARTS) is 1. The summed E-state index contributed by atoms with van der Waals surface area (Å²) in [7, 11) is 0. The van der Waals surface area contributed by atoms with E-state index in [1.165, 1.54) is 12.1 Å². The highest BCUT2D eigenvalue weighted by Gasteiger charge is 2.28. The number of carboxylic acids is 1. The standard InChI is InChI=1S/C30H31F2N3O4/c1-16-25(22(39-30(3,4)5)14-23-28(16)33-10-12-38-23)26-19-9-11-35(15-18-7-6-8-21(31)27(18)32)29(19)34-17(2)20(26)13-24(36)37/h6-9,11,14,33H,10,12-13,15H2,1-5H3,(H,36,37). The van der Waals surface area contributed by atoms with Crippen LogP contribution in [0.5, 0.6) is 11.5 Å². The number of benzene rings is 2. The van der Waals surface area contributed by atoms with Gasteiger partial charge < -0.3 is 24.5 Å².